The Kier molecular flexibility index (Phi) is 10.4. The first kappa shape index (κ1) is 27.9. The highest BCUT2D eigenvalue weighted by Gasteiger charge is 2.32. The Morgan fingerprint density at radius 3 is 2.34 bits per heavy atom. The summed E-state index contributed by atoms with van der Waals surface area (Å²) in [6, 6.07) is 22.6. The summed E-state index contributed by atoms with van der Waals surface area (Å²) in [6.07, 6.45) is 0. The molecule has 1 heterocycles. The van der Waals surface area contributed by atoms with E-state index in [1.807, 2.05) is 42.5 Å². The summed E-state index contributed by atoms with van der Waals surface area (Å²) in [5.41, 5.74) is 1.54. The first-order valence-electron chi connectivity index (χ1n) is 12.6. The zero-order chi connectivity index (χ0) is 26.7. The zero-order valence-electron chi connectivity index (χ0n) is 21.0. The minimum Gasteiger partial charge on any atom is -0.482 e. The number of hydrogen-bond acceptors (Lipinski definition) is 5. The highest BCUT2D eigenvalue weighted by molar-refractivity contribution is 6.32. The molecule has 0 bridgehead atoms. The number of hydrogen-bond donors (Lipinski definition) is 1. The summed E-state index contributed by atoms with van der Waals surface area (Å²) in [6.45, 7) is 4.13. The van der Waals surface area contributed by atoms with Crippen LogP contribution in [0.25, 0.3) is 0 Å². The molecule has 0 saturated carbocycles. The molecule has 3 aromatic carbocycles. The van der Waals surface area contributed by atoms with E-state index in [0.29, 0.717) is 47.7 Å². The number of carbonyl (C=O) groups is 2. The third-order valence-electron chi connectivity index (χ3n) is 6.28. The third-order valence-corrected chi connectivity index (χ3v) is 6.84. The Morgan fingerprint density at radius 1 is 0.947 bits per heavy atom. The molecule has 1 saturated heterocycles. The van der Waals surface area contributed by atoms with E-state index >= 15 is 0 Å². The molecular weight excluding hydrogens is 525 g/mol. The van der Waals surface area contributed by atoms with Crippen molar-refractivity contribution >= 4 is 35.0 Å². The largest absolute Gasteiger partial charge is 0.482 e. The number of ether oxygens (including phenoxy) is 2. The van der Waals surface area contributed by atoms with Crippen molar-refractivity contribution in [3.8, 4) is 5.75 Å². The van der Waals surface area contributed by atoms with E-state index < -0.39 is 6.04 Å². The molecule has 0 aliphatic carbocycles. The SMILES string of the molecule is O=C(NCCN1CCOCC1)[C@@H](c1ccccc1)N(Cc1ccc(Cl)cc1)C(=O)COc1ccccc1Cl. The van der Waals surface area contributed by atoms with Crippen molar-refractivity contribution in [2.45, 2.75) is 12.6 Å². The highest BCUT2D eigenvalue weighted by Crippen LogP contribution is 2.26. The maximum atomic E-state index is 13.7. The lowest BCUT2D eigenvalue weighted by molar-refractivity contribution is -0.143. The number of halogens is 2. The topological polar surface area (TPSA) is 71.1 Å². The van der Waals surface area contributed by atoms with Gasteiger partial charge >= 0.3 is 0 Å². The average Bonchev–Trinajstić information content (AvgIpc) is 2.94. The number of morpholine rings is 1. The lowest BCUT2D eigenvalue weighted by atomic mass is 10.0. The summed E-state index contributed by atoms with van der Waals surface area (Å²) >= 11 is 12.3. The standard InChI is InChI=1S/C29H31Cl2N3O4/c30-24-12-10-22(11-13-24)20-34(27(35)21-38-26-9-5-4-8-25(26)31)28(23-6-2-1-3-7-23)29(36)32-14-15-33-16-18-37-19-17-33/h1-13,28H,14-21H2,(H,32,36)/t28-/m1/s1. The summed E-state index contributed by atoms with van der Waals surface area (Å²) < 4.78 is 11.2. The molecule has 0 spiro atoms. The van der Waals surface area contributed by atoms with Gasteiger partial charge in [0.15, 0.2) is 6.61 Å². The second-order valence-electron chi connectivity index (χ2n) is 8.93. The number of nitrogens with zero attached hydrogens (tertiary/aromatic N) is 2. The fourth-order valence-electron chi connectivity index (χ4n) is 4.26. The molecule has 0 unspecified atom stereocenters. The minimum atomic E-state index is -0.862. The molecule has 2 amide bonds. The van der Waals surface area contributed by atoms with Crippen molar-refractivity contribution in [2.75, 3.05) is 46.0 Å². The smallest absolute Gasteiger partial charge is 0.261 e. The van der Waals surface area contributed by atoms with Crippen LogP contribution in [0.15, 0.2) is 78.9 Å². The van der Waals surface area contributed by atoms with Crippen molar-refractivity contribution in [2.24, 2.45) is 0 Å². The van der Waals surface area contributed by atoms with Crippen molar-refractivity contribution in [1.29, 1.82) is 0 Å². The fraction of sp³-hybridized carbons (Fsp3) is 0.310. The predicted octanol–water partition coefficient (Wildman–Crippen LogP) is 4.59. The molecule has 9 heteroatoms. The van der Waals surface area contributed by atoms with Crippen LogP contribution in [-0.2, 0) is 20.9 Å². The summed E-state index contributed by atoms with van der Waals surface area (Å²) in [5, 5.41) is 4.04. The monoisotopic (exact) mass is 555 g/mol. The fourth-order valence-corrected chi connectivity index (χ4v) is 4.58. The summed E-state index contributed by atoms with van der Waals surface area (Å²) in [7, 11) is 0. The molecule has 1 fully saturated rings. The number of para-hydroxylation sites is 1. The lowest BCUT2D eigenvalue weighted by Crippen LogP contribution is -2.47. The molecule has 4 rings (SSSR count). The van der Waals surface area contributed by atoms with Crippen LogP contribution in [0.2, 0.25) is 10.0 Å². The van der Waals surface area contributed by atoms with Gasteiger partial charge in [0.1, 0.15) is 11.8 Å². The van der Waals surface area contributed by atoms with E-state index in [2.05, 4.69) is 10.2 Å². The number of benzene rings is 3. The molecule has 1 atom stereocenters. The van der Waals surface area contributed by atoms with E-state index in [1.165, 1.54) is 0 Å². The van der Waals surface area contributed by atoms with Gasteiger partial charge in [-0.3, -0.25) is 14.5 Å². The van der Waals surface area contributed by atoms with Crippen molar-refractivity contribution in [3.63, 3.8) is 0 Å². The van der Waals surface area contributed by atoms with Gasteiger partial charge in [-0.1, -0.05) is 77.8 Å². The van der Waals surface area contributed by atoms with Gasteiger partial charge in [-0.15, -0.1) is 0 Å². The predicted molar refractivity (Wildman–Crippen MR) is 148 cm³/mol. The van der Waals surface area contributed by atoms with Crippen LogP contribution in [0.3, 0.4) is 0 Å². The molecule has 7 nitrogen and oxygen atoms in total. The van der Waals surface area contributed by atoms with Crippen molar-refractivity contribution in [1.82, 2.24) is 15.1 Å². The second kappa shape index (κ2) is 14.2. The van der Waals surface area contributed by atoms with Crippen LogP contribution >= 0.6 is 23.2 Å². The van der Waals surface area contributed by atoms with Crippen LogP contribution in [0.1, 0.15) is 17.2 Å². The van der Waals surface area contributed by atoms with E-state index in [1.54, 1.807) is 41.3 Å². The Labute approximate surface area is 233 Å². The van der Waals surface area contributed by atoms with Crippen LogP contribution in [0.4, 0.5) is 0 Å². The van der Waals surface area contributed by atoms with Gasteiger partial charge in [-0.05, 0) is 35.4 Å². The van der Waals surface area contributed by atoms with Crippen LogP contribution in [-0.4, -0.2) is 67.6 Å². The number of amides is 2. The highest BCUT2D eigenvalue weighted by atomic mass is 35.5. The quantitative estimate of drug-likeness (QED) is 0.374. The average molecular weight is 556 g/mol. The van der Waals surface area contributed by atoms with E-state index in [9.17, 15) is 9.59 Å². The Balaban J connectivity index is 1.56. The van der Waals surface area contributed by atoms with Crippen LogP contribution < -0.4 is 10.1 Å². The normalized spacial score (nSPS) is 14.5. The summed E-state index contributed by atoms with van der Waals surface area (Å²) in [4.78, 5) is 31.1. The van der Waals surface area contributed by atoms with Crippen LogP contribution in [0, 0.1) is 0 Å². The first-order valence-corrected chi connectivity index (χ1v) is 13.3. The van der Waals surface area contributed by atoms with Gasteiger partial charge in [0.05, 0.1) is 18.2 Å². The second-order valence-corrected chi connectivity index (χ2v) is 9.77. The van der Waals surface area contributed by atoms with Gasteiger partial charge in [0.2, 0.25) is 5.91 Å². The lowest BCUT2D eigenvalue weighted by Gasteiger charge is -2.32. The van der Waals surface area contributed by atoms with E-state index in [0.717, 1.165) is 18.7 Å². The van der Waals surface area contributed by atoms with Gasteiger partial charge < -0.3 is 19.7 Å². The number of carbonyl (C=O) groups excluding carboxylic acids is 2. The molecule has 1 aliphatic heterocycles. The Morgan fingerprint density at radius 2 is 1.63 bits per heavy atom. The molecular formula is C29H31Cl2N3O4. The Hall–Kier alpha value is -3.10. The third kappa shape index (κ3) is 7.95. The van der Waals surface area contributed by atoms with Gasteiger partial charge in [0, 0.05) is 37.7 Å². The molecule has 3 aromatic rings. The molecule has 1 N–H and O–H groups in total. The maximum absolute atomic E-state index is 13.7. The molecule has 0 radical (unpaired) electrons. The van der Waals surface area contributed by atoms with Gasteiger partial charge in [0.25, 0.3) is 5.91 Å². The van der Waals surface area contributed by atoms with Crippen molar-refractivity contribution < 1.29 is 19.1 Å². The Bertz CT molecular complexity index is 1190. The molecule has 0 aromatic heterocycles. The molecule has 1 aliphatic rings. The van der Waals surface area contributed by atoms with E-state index in [4.69, 9.17) is 32.7 Å². The first-order chi connectivity index (χ1) is 18.5. The minimum absolute atomic E-state index is 0.193. The number of rotatable bonds is 11. The van der Waals surface area contributed by atoms with Crippen LogP contribution in [0.5, 0.6) is 5.75 Å². The van der Waals surface area contributed by atoms with Gasteiger partial charge in [-0.25, -0.2) is 0 Å². The molecule has 200 valence electrons. The van der Waals surface area contributed by atoms with Gasteiger partial charge in [-0.2, -0.15) is 0 Å². The molecule has 38 heavy (non-hydrogen) atoms. The summed E-state index contributed by atoms with van der Waals surface area (Å²) in [5.74, 6) is -0.207. The maximum Gasteiger partial charge on any atom is 0.261 e. The number of nitrogens with one attached hydrogen (secondary N) is 1. The zero-order valence-corrected chi connectivity index (χ0v) is 22.5. The van der Waals surface area contributed by atoms with Crippen molar-refractivity contribution in [3.05, 3.63) is 100 Å². The van der Waals surface area contributed by atoms with E-state index in [-0.39, 0.29) is 25.0 Å².